The molecule has 0 spiro atoms. The van der Waals surface area contributed by atoms with Crippen LogP contribution in [0, 0.1) is 5.82 Å². The van der Waals surface area contributed by atoms with Crippen molar-refractivity contribution < 1.29 is 4.39 Å². The maximum Gasteiger partial charge on any atom is 0.193 e. The SMILES string of the molecule is I.NC(=NCCc1cccc(F)c1)Nc1ccc2c(c1)CCC2. The molecular weight excluding hydrogens is 404 g/mol. The van der Waals surface area contributed by atoms with E-state index in [0.717, 1.165) is 17.7 Å². The Morgan fingerprint density at radius 1 is 1.13 bits per heavy atom. The summed E-state index contributed by atoms with van der Waals surface area (Å²) in [5.74, 6) is 0.181. The van der Waals surface area contributed by atoms with Crippen LogP contribution in [0.5, 0.6) is 0 Å². The van der Waals surface area contributed by atoms with Gasteiger partial charge in [-0.05, 0) is 66.6 Å². The number of benzene rings is 2. The summed E-state index contributed by atoms with van der Waals surface area (Å²) in [6.07, 6.45) is 4.22. The van der Waals surface area contributed by atoms with E-state index < -0.39 is 0 Å². The molecule has 122 valence electrons. The van der Waals surface area contributed by atoms with Crippen LogP contribution in [0.25, 0.3) is 0 Å². The Kier molecular flexibility index (Phi) is 6.38. The van der Waals surface area contributed by atoms with Crippen LogP contribution in [-0.2, 0) is 19.3 Å². The highest BCUT2D eigenvalue weighted by molar-refractivity contribution is 14.0. The van der Waals surface area contributed by atoms with Gasteiger partial charge in [-0.3, -0.25) is 4.99 Å². The molecule has 0 unspecified atom stereocenters. The molecular formula is C18H21FIN3. The van der Waals surface area contributed by atoms with Crippen molar-refractivity contribution in [2.45, 2.75) is 25.7 Å². The average molecular weight is 425 g/mol. The largest absolute Gasteiger partial charge is 0.370 e. The molecule has 0 aliphatic heterocycles. The van der Waals surface area contributed by atoms with Crippen LogP contribution in [0.2, 0.25) is 0 Å². The topological polar surface area (TPSA) is 50.4 Å². The molecule has 0 aromatic heterocycles. The molecule has 23 heavy (non-hydrogen) atoms. The number of aliphatic imine (C=N–C) groups is 1. The third-order valence-corrected chi connectivity index (χ3v) is 3.94. The van der Waals surface area contributed by atoms with Gasteiger partial charge in [0.2, 0.25) is 0 Å². The van der Waals surface area contributed by atoms with Gasteiger partial charge in [-0.1, -0.05) is 18.2 Å². The molecule has 0 radical (unpaired) electrons. The monoisotopic (exact) mass is 425 g/mol. The number of anilines is 1. The molecule has 1 aliphatic carbocycles. The molecule has 2 aromatic rings. The summed E-state index contributed by atoms with van der Waals surface area (Å²) < 4.78 is 13.1. The number of nitrogens with two attached hydrogens (primary N) is 1. The van der Waals surface area contributed by atoms with Crippen molar-refractivity contribution in [2.75, 3.05) is 11.9 Å². The zero-order valence-corrected chi connectivity index (χ0v) is 15.2. The lowest BCUT2D eigenvalue weighted by atomic mass is 10.1. The van der Waals surface area contributed by atoms with E-state index in [4.69, 9.17) is 5.73 Å². The molecule has 5 heteroatoms. The van der Waals surface area contributed by atoms with Crippen LogP contribution in [-0.4, -0.2) is 12.5 Å². The third-order valence-electron chi connectivity index (χ3n) is 3.94. The number of rotatable bonds is 4. The first-order chi connectivity index (χ1) is 10.7. The second-order valence-electron chi connectivity index (χ2n) is 5.61. The number of hydrogen-bond acceptors (Lipinski definition) is 1. The first kappa shape index (κ1) is 17.7. The Morgan fingerprint density at radius 2 is 1.96 bits per heavy atom. The number of nitrogens with zero attached hydrogens (tertiary/aromatic N) is 1. The van der Waals surface area contributed by atoms with Crippen molar-refractivity contribution in [2.24, 2.45) is 10.7 Å². The van der Waals surface area contributed by atoms with E-state index in [0.29, 0.717) is 18.9 Å². The number of nitrogens with one attached hydrogen (secondary N) is 1. The summed E-state index contributed by atoms with van der Waals surface area (Å²) in [5.41, 5.74) is 10.7. The fourth-order valence-corrected chi connectivity index (χ4v) is 2.83. The van der Waals surface area contributed by atoms with Crippen molar-refractivity contribution >= 4 is 35.6 Å². The lowest BCUT2D eigenvalue weighted by Gasteiger charge is -2.08. The van der Waals surface area contributed by atoms with Crippen molar-refractivity contribution in [3.63, 3.8) is 0 Å². The van der Waals surface area contributed by atoms with Crippen molar-refractivity contribution in [3.05, 3.63) is 65.0 Å². The van der Waals surface area contributed by atoms with E-state index >= 15 is 0 Å². The minimum Gasteiger partial charge on any atom is -0.370 e. The highest BCUT2D eigenvalue weighted by Crippen LogP contribution is 2.24. The third kappa shape index (κ3) is 4.92. The maximum absolute atomic E-state index is 13.1. The molecule has 0 saturated carbocycles. The quantitative estimate of drug-likeness (QED) is 0.444. The average Bonchev–Trinajstić information content (AvgIpc) is 2.95. The number of fused-ring (bicyclic) bond motifs is 1. The zero-order chi connectivity index (χ0) is 15.4. The minimum atomic E-state index is -0.217. The molecule has 3 N–H and O–H groups in total. The van der Waals surface area contributed by atoms with Crippen LogP contribution in [0.4, 0.5) is 10.1 Å². The van der Waals surface area contributed by atoms with Crippen LogP contribution in [0.3, 0.4) is 0 Å². The molecule has 2 aromatic carbocycles. The summed E-state index contributed by atoms with van der Waals surface area (Å²) in [6, 6.07) is 12.9. The number of hydrogen-bond donors (Lipinski definition) is 2. The van der Waals surface area contributed by atoms with Gasteiger partial charge in [0.15, 0.2) is 5.96 Å². The lowest BCUT2D eigenvalue weighted by molar-refractivity contribution is 0.625. The van der Waals surface area contributed by atoms with Crippen molar-refractivity contribution in [3.8, 4) is 0 Å². The van der Waals surface area contributed by atoms with E-state index in [-0.39, 0.29) is 29.8 Å². The Hall–Kier alpha value is -1.63. The molecule has 0 bridgehead atoms. The molecule has 0 fully saturated rings. The Labute approximate surface area is 153 Å². The molecule has 1 aliphatic rings. The van der Waals surface area contributed by atoms with Gasteiger partial charge < -0.3 is 11.1 Å². The highest BCUT2D eigenvalue weighted by atomic mass is 127. The molecule has 0 saturated heterocycles. The lowest BCUT2D eigenvalue weighted by Crippen LogP contribution is -2.23. The fraction of sp³-hybridized carbons (Fsp3) is 0.278. The summed E-state index contributed by atoms with van der Waals surface area (Å²) >= 11 is 0. The summed E-state index contributed by atoms with van der Waals surface area (Å²) in [4.78, 5) is 4.30. The Morgan fingerprint density at radius 3 is 2.78 bits per heavy atom. The molecule has 3 nitrogen and oxygen atoms in total. The van der Waals surface area contributed by atoms with E-state index in [2.05, 4.69) is 22.4 Å². The van der Waals surface area contributed by atoms with Crippen molar-refractivity contribution in [1.82, 2.24) is 0 Å². The molecule has 0 amide bonds. The van der Waals surface area contributed by atoms with Gasteiger partial charge in [0, 0.05) is 12.2 Å². The van der Waals surface area contributed by atoms with E-state index in [1.807, 2.05) is 12.1 Å². The standard InChI is InChI=1S/C18H20FN3.HI/c19-16-6-1-3-13(11-16)9-10-21-18(20)22-17-8-7-14-4-2-5-15(14)12-17;/h1,3,6-8,11-12H,2,4-5,9-10H2,(H3,20,21,22);1H. The first-order valence-corrected chi connectivity index (χ1v) is 7.64. The predicted octanol–water partition coefficient (Wildman–Crippen LogP) is 3.90. The van der Waals surface area contributed by atoms with Gasteiger partial charge in [-0.25, -0.2) is 4.39 Å². The predicted molar refractivity (Wildman–Crippen MR) is 104 cm³/mol. The van der Waals surface area contributed by atoms with Gasteiger partial charge >= 0.3 is 0 Å². The van der Waals surface area contributed by atoms with Gasteiger partial charge in [0.1, 0.15) is 5.82 Å². The number of halogens is 2. The van der Waals surface area contributed by atoms with Gasteiger partial charge in [0.25, 0.3) is 0 Å². The van der Waals surface area contributed by atoms with Crippen LogP contribution in [0.15, 0.2) is 47.5 Å². The second-order valence-corrected chi connectivity index (χ2v) is 5.61. The fourth-order valence-electron chi connectivity index (χ4n) is 2.83. The van der Waals surface area contributed by atoms with Gasteiger partial charge in [-0.15, -0.1) is 24.0 Å². The van der Waals surface area contributed by atoms with Gasteiger partial charge in [-0.2, -0.15) is 0 Å². The highest BCUT2D eigenvalue weighted by Gasteiger charge is 2.10. The van der Waals surface area contributed by atoms with E-state index in [1.165, 1.54) is 36.1 Å². The molecule has 0 heterocycles. The van der Waals surface area contributed by atoms with E-state index in [9.17, 15) is 4.39 Å². The van der Waals surface area contributed by atoms with Crippen LogP contribution in [0.1, 0.15) is 23.1 Å². The molecule has 0 atom stereocenters. The van der Waals surface area contributed by atoms with Gasteiger partial charge in [0.05, 0.1) is 0 Å². The Balaban J connectivity index is 0.00000192. The number of guanidine groups is 1. The summed E-state index contributed by atoms with van der Waals surface area (Å²) in [5, 5.41) is 3.12. The first-order valence-electron chi connectivity index (χ1n) is 7.64. The van der Waals surface area contributed by atoms with Crippen LogP contribution >= 0.6 is 24.0 Å². The zero-order valence-electron chi connectivity index (χ0n) is 12.9. The summed E-state index contributed by atoms with van der Waals surface area (Å²) in [7, 11) is 0. The second kappa shape index (κ2) is 8.29. The Bertz CT molecular complexity index is 700. The molecule has 3 rings (SSSR count). The normalized spacial score (nSPS) is 13.3. The number of aryl methyl sites for hydroxylation is 2. The van der Waals surface area contributed by atoms with Crippen molar-refractivity contribution in [1.29, 1.82) is 0 Å². The maximum atomic E-state index is 13.1. The summed E-state index contributed by atoms with van der Waals surface area (Å²) in [6.45, 7) is 0.535. The minimum absolute atomic E-state index is 0. The smallest absolute Gasteiger partial charge is 0.193 e. The van der Waals surface area contributed by atoms with Crippen LogP contribution < -0.4 is 11.1 Å². The van der Waals surface area contributed by atoms with E-state index in [1.54, 1.807) is 6.07 Å².